The van der Waals surface area contributed by atoms with Gasteiger partial charge in [-0.05, 0) is 49.2 Å². The van der Waals surface area contributed by atoms with Crippen molar-refractivity contribution < 1.29 is 0 Å². The summed E-state index contributed by atoms with van der Waals surface area (Å²) in [5.41, 5.74) is 0.771. The molecule has 0 bridgehead atoms. The Morgan fingerprint density at radius 2 is 2.07 bits per heavy atom. The van der Waals surface area contributed by atoms with Gasteiger partial charge in [0, 0.05) is 18.3 Å². The molecule has 0 aromatic heterocycles. The minimum atomic E-state index is 0.771. The topological polar surface area (TPSA) is 12.0 Å². The van der Waals surface area contributed by atoms with E-state index in [1.165, 1.54) is 56.6 Å². The molecule has 3 rings (SSSR count). The van der Waals surface area contributed by atoms with E-state index in [2.05, 4.69) is 17.1 Å². The van der Waals surface area contributed by atoms with Crippen molar-refractivity contribution in [3.8, 4) is 0 Å². The van der Waals surface area contributed by atoms with Gasteiger partial charge in [-0.3, -0.25) is 0 Å². The van der Waals surface area contributed by atoms with E-state index in [1.54, 1.807) is 0 Å². The number of hydrogen-bond acceptors (Lipinski definition) is 2. The molecule has 0 aromatic carbocycles. The van der Waals surface area contributed by atoms with Crippen LogP contribution < -0.4 is 5.32 Å². The summed E-state index contributed by atoms with van der Waals surface area (Å²) in [6, 6.07) is 0.844. The summed E-state index contributed by atoms with van der Waals surface area (Å²) in [5, 5.41) is 3.82. The Hall–Kier alpha value is 0.310. The second kappa shape index (κ2) is 3.71. The Balaban J connectivity index is 1.49. The van der Waals surface area contributed by atoms with Gasteiger partial charge in [-0.1, -0.05) is 6.42 Å². The predicted molar refractivity (Wildman–Crippen MR) is 62.7 cm³/mol. The number of nitrogens with one attached hydrogen (secondary N) is 1. The molecule has 1 unspecified atom stereocenters. The van der Waals surface area contributed by atoms with Gasteiger partial charge in [0.15, 0.2) is 0 Å². The lowest BCUT2D eigenvalue weighted by atomic mass is 9.65. The molecule has 14 heavy (non-hydrogen) atoms. The van der Waals surface area contributed by atoms with E-state index in [-0.39, 0.29) is 0 Å². The first-order valence-corrected chi connectivity index (χ1v) is 7.36. The monoisotopic (exact) mass is 211 g/mol. The van der Waals surface area contributed by atoms with Crippen LogP contribution in [0.15, 0.2) is 0 Å². The molecule has 80 valence electrons. The summed E-state index contributed by atoms with van der Waals surface area (Å²) in [4.78, 5) is 0. The third-order valence-electron chi connectivity index (χ3n) is 4.47. The molecule has 1 saturated heterocycles. The van der Waals surface area contributed by atoms with Crippen LogP contribution in [-0.2, 0) is 0 Å². The standard InChI is InChI=1S/C12H21NS/c1-5-12(6-1,10-2-3-10)9-13-11-4-7-14-8-11/h10-11,13H,1-9H2. The average molecular weight is 211 g/mol. The summed E-state index contributed by atoms with van der Waals surface area (Å²) in [6.45, 7) is 1.34. The van der Waals surface area contributed by atoms with Crippen LogP contribution in [0.25, 0.3) is 0 Å². The first-order chi connectivity index (χ1) is 6.89. The molecule has 2 saturated carbocycles. The maximum absolute atomic E-state index is 3.82. The third-order valence-corrected chi connectivity index (χ3v) is 5.63. The van der Waals surface area contributed by atoms with E-state index in [0.29, 0.717) is 0 Å². The molecule has 0 spiro atoms. The molecule has 0 amide bonds. The maximum Gasteiger partial charge on any atom is 0.0166 e. The largest absolute Gasteiger partial charge is 0.313 e. The Morgan fingerprint density at radius 3 is 2.57 bits per heavy atom. The van der Waals surface area contributed by atoms with Gasteiger partial charge in [0.1, 0.15) is 0 Å². The molecule has 2 aliphatic carbocycles. The summed E-state index contributed by atoms with van der Waals surface area (Å²) >= 11 is 2.12. The van der Waals surface area contributed by atoms with Crippen molar-refractivity contribution in [2.24, 2.45) is 11.3 Å². The van der Waals surface area contributed by atoms with Gasteiger partial charge in [-0.25, -0.2) is 0 Å². The zero-order valence-corrected chi connectivity index (χ0v) is 9.74. The maximum atomic E-state index is 3.82. The first kappa shape index (κ1) is 9.53. The van der Waals surface area contributed by atoms with Crippen molar-refractivity contribution >= 4 is 11.8 Å². The fraction of sp³-hybridized carbons (Fsp3) is 1.00. The van der Waals surface area contributed by atoms with Gasteiger partial charge in [0.05, 0.1) is 0 Å². The van der Waals surface area contributed by atoms with E-state index >= 15 is 0 Å². The van der Waals surface area contributed by atoms with Crippen LogP contribution >= 0.6 is 11.8 Å². The SMILES string of the molecule is C1CC(CNC2CCSC2)(C2CC2)C1. The highest BCUT2D eigenvalue weighted by Crippen LogP contribution is 2.56. The van der Waals surface area contributed by atoms with Gasteiger partial charge in [0.25, 0.3) is 0 Å². The van der Waals surface area contributed by atoms with E-state index in [9.17, 15) is 0 Å². The molecule has 1 atom stereocenters. The van der Waals surface area contributed by atoms with Crippen LogP contribution in [0, 0.1) is 11.3 Å². The first-order valence-electron chi connectivity index (χ1n) is 6.20. The molecule has 3 fully saturated rings. The van der Waals surface area contributed by atoms with Crippen molar-refractivity contribution in [1.29, 1.82) is 0 Å². The van der Waals surface area contributed by atoms with E-state index in [4.69, 9.17) is 0 Å². The zero-order chi connectivity index (χ0) is 9.43. The van der Waals surface area contributed by atoms with Gasteiger partial charge >= 0.3 is 0 Å². The fourth-order valence-electron chi connectivity index (χ4n) is 3.10. The molecule has 3 aliphatic rings. The highest BCUT2D eigenvalue weighted by molar-refractivity contribution is 7.99. The molecule has 0 aromatic rings. The van der Waals surface area contributed by atoms with Crippen molar-refractivity contribution in [1.82, 2.24) is 5.32 Å². The quantitative estimate of drug-likeness (QED) is 0.767. The van der Waals surface area contributed by atoms with Crippen LogP contribution in [0.2, 0.25) is 0 Å². The highest BCUT2D eigenvalue weighted by atomic mass is 32.2. The molecular formula is C12H21NS. The van der Waals surface area contributed by atoms with Gasteiger partial charge < -0.3 is 5.32 Å². The number of hydrogen-bond donors (Lipinski definition) is 1. The van der Waals surface area contributed by atoms with Crippen LogP contribution in [-0.4, -0.2) is 24.1 Å². The summed E-state index contributed by atoms with van der Waals surface area (Å²) in [7, 11) is 0. The Labute approximate surface area is 91.4 Å². The van der Waals surface area contributed by atoms with Crippen LogP contribution in [0.5, 0.6) is 0 Å². The Kier molecular flexibility index (Phi) is 2.53. The lowest BCUT2D eigenvalue weighted by Gasteiger charge is -2.43. The number of rotatable bonds is 4. The zero-order valence-electron chi connectivity index (χ0n) is 8.93. The molecular weight excluding hydrogens is 190 g/mol. The lowest BCUT2D eigenvalue weighted by Crippen LogP contribution is -2.45. The van der Waals surface area contributed by atoms with Crippen LogP contribution in [0.3, 0.4) is 0 Å². The van der Waals surface area contributed by atoms with Gasteiger partial charge in [0.2, 0.25) is 0 Å². The van der Waals surface area contributed by atoms with Crippen molar-refractivity contribution in [3.63, 3.8) is 0 Å². The lowest BCUT2D eigenvalue weighted by molar-refractivity contribution is 0.0957. The fourth-order valence-corrected chi connectivity index (χ4v) is 4.29. The van der Waals surface area contributed by atoms with Crippen LogP contribution in [0.4, 0.5) is 0 Å². The van der Waals surface area contributed by atoms with Crippen molar-refractivity contribution in [3.05, 3.63) is 0 Å². The average Bonchev–Trinajstić information content (AvgIpc) is 2.81. The Morgan fingerprint density at radius 1 is 1.21 bits per heavy atom. The molecule has 2 heteroatoms. The highest BCUT2D eigenvalue weighted by Gasteiger charge is 2.48. The minimum absolute atomic E-state index is 0.771. The predicted octanol–water partition coefficient (Wildman–Crippen LogP) is 2.66. The van der Waals surface area contributed by atoms with E-state index in [0.717, 1.165) is 17.4 Å². The van der Waals surface area contributed by atoms with E-state index < -0.39 is 0 Å². The van der Waals surface area contributed by atoms with Crippen molar-refractivity contribution in [2.75, 3.05) is 18.1 Å². The summed E-state index contributed by atoms with van der Waals surface area (Å²) in [5.74, 6) is 3.85. The minimum Gasteiger partial charge on any atom is -0.313 e. The summed E-state index contributed by atoms with van der Waals surface area (Å²) < 4.78 is 0. The second-order valence-electron chi connectivity index (χ2n) is 5.43. The Bertz CT molecular complexity index is 202. The van der Waals surface area contributed by atoms with Crippen molar-refractivity contribution in [2.45, 2.75) is 44.6 Å². The van der Waals surface area contributed by atoms with Gasteiger partial charge in [-0.15, -0.1) is 0 Å². The second-order valence-corrected chi connectivity index (χ2v) is 6.58. The van der Waals surface area contributed by atoms with E-state index in [1.807, 2.05) is 0 Å². The molecule has 1 aliphatic heterocycles. The molecule has 1 N–H and O–H groups in total. The third kappa shape index (κ3) is 1.71. The smallest absolute Gasteiger partial charge is 0.0166 e. The van der Waals surface area contributed by atoms with Gasteiger partial charge in [-0.2, -0.15) is 11.8 Å². The normalized spacial score (nSPS) is 35.6. The van der Waals surface area contributed by atoms with Crippen LogP contribution in [0.1, 0.15) is 38.5 Å². The molecule has 1 heterocycles. The molecule has 1 nitrogen and oxygen atoms in total. The number of thioether (sulfide) groups is 1. The summed E-state index contributed by atoms with van der Waals surface area (Å²) in [6.07, 6.45) is 9.00. The molecule has 0 radical (unpaired) electrons.